The first kappa shape index (κ1) is 21.2. The number of ether oxygens (including phenoxy) is 1. The molecular weight excluding hydrogens is 394 g/mol. The van der Waals surface area contributed by atoms with Gasteiger partial charge in [0.1, 0.15) is 10.9 Å². The number of hydrogen-bond acceptors (Lipinski definition) is 5. The van der Waals surface area contributed by atoms with Crippen molar-refractivity contribution in [3.63, 3.8) is 0 Å². The van der Waals surface area contributed by atoms with Crippen molar-refractivity contribution in [2.45, 2.75) is 85.9 Å². The van der Waals surface area contributed by atoms with Crippen molar-refractivity contribution in [3.8, 4) is 11.1 Å². The number of aryl methyl sites for hydroxylation is 5. The van der Waals surface area contributed by atoms with Crippen LogP contribution in [0.5, 0.6) is 0 Å². The predicted octanol–water partition coefficient (Wildman–Crippen LogP) is 5.94. The van der Waals surface area contributed by atoms with Gasteiger partial charge in [-0.15, -0.1) is 11.3 Å². The van der Waals surface area contributed by atoms with Gasteiger partial charge in [-0.25, -0.2) is 4.98 Å². The summed E-state index contributed by atoms with van der Waals surface area (Å²) in [5.74, 6) is -0.00155. The van der Waals surface area contributed by atoms with Gasteiger partial charge in [0, 0.05) is 38.3 Å². The van der Waals surface area contributed by atoms with Crippen LogP contribution in [0, 0.1) is 20.8 Å². The third-order valence-electron chi connectivity index (χ3n) is 5.81. The summed E-state index contributed by atoms with van der Waals surface area (Å²) in [6.07, 6.45) is 3.94. The molecule has 5 nitrogen and oxygen atoms in total. The summed E-state index contributed by atoms with van der Waals surface area (Å²) in [4.78, 5) is 20.4. The molecule has 3 aromatic rings. The Morgan fingerprint density at radius 3 is 2.40 bits per heavy atom. The maximum absolute atomic E-state index is 12.9. The Kier molecular flexibility index (Phi) is 5.35. The van der Waals surface area contributed by atoms with E-state index < -0.39 is 11.7 Å². The Bertz CT molecular complexity index is 1110. The van der Waals surface area contributed by atoms with Crippen LogP contribution >= 0.6 is 11.3 Å². The number of ketones is 1. The van der Waals surface area contributed by atoms with Crippen LogP contribution in [0.15, 0.2) is 0 Å². The van der Waals surface area contributed by atoms with Crippen LogP contribution in [-0.4, -0.2) is 26.6 Å². The third-order valence-corrected chi connectivity index (χ3v) is 7.00. The lowest BCUT2D eigenvalue weighted by Gasteiger charge is -2.29. The first-order chi connectivity index (χ1) is 14.1. The number of thiophene rings is 1. The summed E-state index contributed by atoms with van der Waals surface area (Å²) in [7, 11) is 0. The van der Waals surface area contributed by atoms with E-state index in [1.54, 1.807) is 6.92 Å². The Hall–Kier alpha value is -2.05. The van der Waals surface area contributed by atoms with Crippen LogP contribution in [0.2, 0.25) is 0 Å². The standard InChI is InChI=1S/C24H31N3O2S/c1-12-19(22(15(4)28)29-24(5,6)7)21(18-13(2)26-27-14(18)3)20-16-10-8-9-11-17(16)30-23(20)25-12/h22H,8-11H2,1-7H3,(H,26,27). The number of Topliss-reactive ketones (excluding diaryl/α,β-unsaturated/α-hetero) is 1. The van der Waals surface area contributed by atoms with Gasteiger partial charge in [0.2, 0.25) is 0 Å². The summed E-state index contributed by atoms with van der Waals surface area (Å²) in [6.45, 7) is 13.7. The third kappa shape index (κ3) is 3.60. The number of nitrogens with zero attached hydrogens (tertiary/aromatic N) is 2. The minimum absolute atomic E-state index is 0.00155. The van der Waals surface area contributed by atoms with Crippen molar-refractivity contribution < 1.29 is 9.53 Å². The van der Waals surface area contributed by atoms with E-state index in [9.17, 15) is 4.79 Å². The molecule has 6 heteroatoms. The minimum Gasteiger partial charge on any atom is -0.360 e. The quantitative estimate of drug-likeness (QED) is 0.562. The SMILES string of the molecule is CC(=O)C(OC(C)(C)C)c1c(C)nc2sc3c(c2c1-c1c(C)n[nH]c1C)CCCC3. The Labute approximate surface area is 182 Å². The zero-order valence-electron chi connectivity index (χ0n) is 19.0. The van der Waals surface area contributed by atoms with E-state index in [-0.39, 0.29) is 5.78 Å². The Balaban J connectivity index is 2.13. The van der Waals surface area contributed by atoms with Gasteiger partial charge in [-0.3, -0.25) is 9.89 Å². The zero-order valence-corrected chi connectivity index (χ0v) is 19.8. The minimum atomic E-state index is -0.662. The van der Waals surface area contributed by atoms with E-state index in [0.717, 1.165) is 51.4 Å². The molecule has 0 radical (unpaired) electrons. The van der Waals surface area contributed by atoms with Gasteiger partial charge < -0.3 is 4.74 Å². The molecule has 0 fully saturated rings. The average molecular weight is 426 g/mol. The molecular formula is C24H31N3O2S. The van der Waals surface area contributed by atoms with Gasteiger partial charge in [0.15, 0.2) is 5.78 Å². The molecule has 1 aliphatic carbocycles. The van der Waals surface area contributed by atoms with Crippen molar-refractivity contribution in [2.75, 3.05) is 0 Å². The normalized spacial score (nSPS) is 15.4. The van der Waals surface area contributed by atoms with E-state index in [1.807, 2.05) is 52.9 Å². The van der Waals surface area contributed by atoms with Gasteiger partial charge in [0.25, 0.3) is 0 Å². The molecule has 0 saturated heterocycles. The average Bonchev–Trinajstić information content (AvgIpc) is 3.17. The fourth-order valence-electron chi connectivity index (χ4n) is 4.61. The molecule has 0 amide bonds. The predicted molar refractivity (Wildman–Crippen MR) is 122 cm³/mol. The van der Waals surface area contributed by atoms with Gasteiger partial charge in [-0.05, 0) is 79.7 Å². The largest absolute Gasteiger partial charge is 0.360 e. The molecule has 0 aromatic carbocycles. The van der Waals surface area contributed by atoms with Crippen LogP contribution in [0.4, 0.5) is 0 Å². The van der Waals surface area contributed by atoms with Gasteiger partial charge in [-0.2, -0.15) is 5.10 Å². The van der Waals surface area contributed by atoms with Crippen LogP contribution in [-0.2, 0) is 22.4 Å². The number of H-pyrrole nitrogens is 1. The molecule has 160 valence electrons. The molecule has 0 aliphatic heterocycles. The number of hydrogen-bond donors (Lipinski definition) is 1. The van der Waals surface area contributed by atoms with Crippen LogP contribution in [0.3, 0.4) is 0 Å². The van der Waals surface area contributed by atoms with Crippen molar-refractivity contribution in [3.05, 3.63) is 33.1 Å². The van der Waals surface area contributed by atoms with E-state index in [2.05, 4.69) is 10.2 Å². The maximum atomic E-state index is 12.9. The number of carbonyl (C=O) groups excluding carboxylic acids is 1. The molecule has 4 rings (SSSR count). The maximum Gasteiger partial charge on any atom is 0.163 e. The number of aromatic nitrogens is 3. The lowest BCUT2D eigenvalue weighted by atomic mass is 9.86. The summed E-state index contributed by atoms with van der Waals surface area (Å²) < 4.78 is 6.34. The molecule has 1 aliphatic rings. The first-order valence-corrected chi connectivity index (χ1v) is 11.5. The molecule has 3 aromatic heterocycles. The molecule has 1 N–H and O–H groups in total. The second-order valence-electron chi connectivity index (χ2n) is 9.41. The fraction of sp³-hybridized carbons (Fsp3) is 0.542. The number of pyridine rings is 1. The molecule has 3 heterocycles. The van der Waals surface area contributed by atoms with Crippen LogP contribution in [0.25, 0.3) is 21.3 Å². The monoisotopic (exact) mass is 425 g/mol. The molecule has 0 bridgehead atoms. The summed E-state index contributed by atoms with van der Waals surface area (Å²) >= 11 is 1.81. The van der Waals surface area contributed by atoms with Crippen molar-refractivity contribution in [1.82, 2.24) is 15.2 Å². The van der Waals surface area contributed by atoms with Crippen molar-refractivity contribution in [2.24, 2.45) is 0 Å². The summed E-state index contributed by atoms with van der Waals surface area (Å²) in [5, 5.41) is 8.82. The zero-order chi connectivity index (χ0) is 21.8. The van der Waals surface area contributed by atoms with Crippen LogP contribution in [0.1, 0.15) is 79.7 Å². The Morgan fingerprint density at radius 1 is 1.10 bits per heavy atom. The highest BCUT2D eigenvalue weighted by molar-refractivity contribution is 7.19. The lowest BCUT2D eigenvalue weighted by molar-refractivity contribution is -0.138. The van der Waals surface area contributed by atoms with E-state index >= 15 is 0 Å². The molecule has 1 atom stereocenters. The second kappa shape index (κ2) is 7.57. The highest BCUT2D eigenvalue weighted by Gasteiger charge is 2.33. The van der Waals surface area contributed by atoms with Crippen LogP contribution < -0.4 is 0 Å². The lowest BCUT2D eigenvalue weighted by Crippen LogP contribution is -2.27. The van der Waals surface area contributed by atoms with Gasteiger partial charge >= 0.3 is 0 Å². The van der Waals surface area contributed by atoms with E-state index in [4.69, 9.17) is 9.72 Å². The molecule has 1 unspecified atom stereocenters. The van der Waals surface area contributed by atoms with Gasteiger partial charge in [0.05, 0.1) is 11.3 Å². The van der Waals surface area contributed by atoms with E-state index in [0.29, 0.717) is 0 Å². The Morgan fingerprint density at radius 2 is 1.80 bits per heavy atom. The molecule has 0 saturated carbocycles. The number of fused-ring (bicyclic) bond motifs is 3. The number of rotatable bonds is 4. The molecule has 30 heavy (non-hydrogen) atoms. The van der Waals surface area contributed by atoms with Gasteiger partial charge in [-0.1, -0.05) is 0 Å². The van der Waals surface area contributed by atoms with Crippen molar-refractivity contribution in [1.29, 1.82) is 0 Å². The summed E-state index contributed by atoms with van der Waals surface area (Å²) in [6, 6.07) is 0. The highest BCUT2D eigenvalue weighted by atomic mass is 32.1. The van der Waals surface area contributed by atoms with Crippen molar-refractivity contribution >= 4 is 27.3 Å². The van der Waals surface area contributed by atoms with E-state index in [1.165, 1.54) is 28.7 Å². The second-order valence-corrected chi connectivity index (χ2v) is 10.5. The fourth-order valence-corrected chi connectivity index (χ4v) is 5.93. The number of carbonyl (C=O) groups is 1. The highest BCUT2D eigenvalue weighted by Crippen LogP contribution is 2.46. The number of nitrogens with one attached hydrogen (secondary N) is 1. The molecule has 0 spiro atoms. The first-order valence-electron chi connectivity index (χ1n) is 10.7. The topological polar surface area (TPSA) is 67.9 Å². The summed E-state index contributed by atoms with van der Waals surface area (Å²) in [5.41, 5.74) is 6.82. The smallest absolute Gasteiger partial charge is 0.163 e. The number of aromatic amines is 1.